The predicted octanol–water partition coefficient (Wildman–Crippen LogP) is 3.60. The molecule has 2 rings (SSSR count). The number of nitrogens with zero attached hydrogens (tertiary/aromatic N) is 1. The fourth-order valence-electron chi connectivity index (χ4n) is 1.85. The Morgan fingerprint density at radius 3 is 2.58 bits per heavy atom. The van der Waals surface area contributed by atoms with Gasteiger partial charge < -0.3 is 0 Å². The second-order valence-electron chi connectivity index (χ2n) is 4.05. The molecular formula is C14H10FNO3. The standard InChI is InChI=1S/C14H10FNO3/c1-9(17)13-6-5-11(15)8-14(13)10-3-2-4-12(7-10)16(18)19/h2-8H,1H3. The Kier molecular flexibility index (Phi) is 3.37. The lowest BCUT2D eigenvalue weighted by Gasteiger charge is -2.07. The van der Waals surface area contributed by atoms with Gasteiger partial charge in [0.2, 0.25) is 0 Å². The summed E-state index contributed by atoms with van der Waals surface area (Å²) in [5.41, 5.74) is 1.04. The molecule has 0 aromatic heterocycles. The lowest BCUT2D eigenvalue weighted by Crippen LogP contribution is -1.97. The van der Waals surface area contributed by atoms with Crippen molar-refractivity contribution in [2.24, 2.45) is 0 Å². The minimum absolute atomic E-state index is 0.101. The van der Waals surface area contributed by atoms with Crippen molar-refractivity contribution in [3.63, 3.8) is 0 Å². The number of nitro groups is 1. The SMILES string of the molecule is CC(=O)c1ccc(F)cc1-c1cccc([N+](=O)[O-])c1. The first kappa shape index (κ1) is 12.9. The summed E-state index contributed by atoms with van der Waals surface area (Å²) in [5, 5.41) is 10.7. The molecule has 0 heterocycles. The molecule has 2 aromatic rings. The van der Waals surface area contributed by atoms with Gasteiger partial charge in [0.15, 0.2) is 5.78 Å². The molecule has 0 aliphatic carbocycles. The van der Waals surface area contributed by atoms with E-state index in [2.05, 4.69) is 0 Å². The summed E-state index contributed by atoms with van der Waals surface area (Å²) in [5.74, 6) is -0.715. The van der Waals surface area contributed by atoms with Gasteiger partial charge in [-0.25, -0.2) is 4.39 Å². The van der Waals surface area contributed by atoms with Crippen LogP contribution in [0.5, 0.6) is 0 Å². The van der Waals surface area contributed by atoms with E-state index in [9.17, 15) is 19.3 Å². The molecule has 0 atom stereocenters. The maximum Gasteiger partial charge on any atom is 0.270 e. The van der Waals surface area contributed by atoms with E-state index in [-0.39, 0.29) is 11.5 Å². The predicted molar refractivity (Wildman–Crippen MR) is 68.5 cm³/mol. The smallest absolute Gasteiger partial charge is 0.270 e. The molecule has 2 aromatic carbocycles. The van der Waals surface area contributed by atoms with Gasteiger partial charge >= 0.3 is 0 Å². The second kappa shape index (κ2) is 4.97. The highest BCUT2D eigenvalue weighted by Crippen LogP contribution is 2.28. The molecule has 0 aliphatic rings. The zero-order valence-corrected chi connectivity index (χ0v) is 10.1. The van der Waals surface area contributed by atoms with Crippen molar-refractivity contribution >= 4 is 11.5 Å². The highest BCUT2D eigenvalue weighted by Gasteiger charge is 2.13. The lowest BCUT2D eigenvalue weighted by molar-refractivity contribution is -0.384. The molecule has 0 amide bonds. The van der Waals surface area contributed by atoms with E-state index in [0.717, 1.165) is 0 Å². The third-order valence-corrected chi connectivity index (χ3v) is 2.73. The monoisotopic (exact) mass is 259 g/mol. The average Bonchev–Trinajstić information content (AvgIpc) is 2.38. The number of hydrogen-bond acceptors (Lipinski definition) is 3. The van der Waals surface area contributed by atoms with Crippen LogP contribution in [0.15, 0.2) is 42.5 Å². The van der Waals surface area contributed by atoms with Crippen molar-refractivity contribution in [1.82, 2.24) is 0 Å². The van der Waals surface area contributed by atoms with Crippen molar-refractivity contribution in [1.29, 1.82) is 0 Å². The highest BCUT2D eigenvalue weighted by molar-refractivity contribution is 6.00. The molecule has 0 saturated carbocycles. The number of hydrogen-bond donors (Lipinski definition) is 0. The normalized spacial score (nSPS) is 10.2. The van der Waals surface area contributed by atoms with E-state index in [1.807, 2.05) is 0 Å². The summed E-state index contributed by atoms with van der Waals surface area (Å²) in [6, 6.07) is 9.55. The molecule has 0 spiro atoms. The Balaban J connectivity index is 2.64. The van der Waals surface area contributed by atoms with Crippen LogP contribution < -0.4 is 0 Å². The van der Waals surface area contributed by atoms with E-state index in [1.54, 1.807) is 6.07 Å². The van der Waals surface area contributed by atoms with E-state index >= 15 is 0 Å². The van der Waals surface area contributed by atoms with Crippen LogP contribution in [-0.2, 0) is 0 Å². The van der Waals surface area contributed by atoms with Gasteiger partial charge in [-0.15, -0.1) is 0 Å². The largest absolute Gasteiger partial charge is 0.294 e. The van der Waals surface area contributed by atoms with Gasteiger partial charge in [0.25, 0.3) is 5.69 Å². The molecular weight excluding hydrogens is 249 g/mol. The van der Waals surface area contributed by atoms with Crippen LogP contribution in [0.4, 0.5) is 10.1 Å². The number of nitro benzene ring substituents is 1. The molecule has 96 valence electrons. The van der Waals surface area contributed by atoms with Crippen molar-refractivity contribution in [2.75, 3.05) is 0 Å². The Labute approximate surface area is 108 Å². The Bertz CT molecular complexity index is 667. The molecule has 19 heavy (non-hydrogen) atoms. The van der Waals surface area contributed by atoms with Crippen LogP contribution in [0.1, 0.15) is 17.3 Å². The maximum absolute atomic E-state index is 13.3. The Morgan fingerprint density at radius 2 is 1.95 bits per heavy atom. The highest BCUT2D eigenvalue weighted by atomic mass is 19.1. The van der Waals surface area contributed by atoms with Crippen LogP contribution in [0.2, 0.25) is 0 Å². The maximum atomic E-state index is 13.3. The number of halogens is 1. The van der Waals surface area contributed by atoms with E-state index in [1.165, 1.54) is 43.3 Å². The Morgan fingerprint density at radius 1 is 1.21 bits per heavy atom. The number of Topliss-reactive ketones (excluding diaryl/α,β-unsaturated/α-hetero) is 1. The summed E-state index contributed by atoms with van der Waals surface area (Å²) in [6.07, 6.45) is 0. The van der Waals surface area contributed by atoms with Gasteiger partial charge in [-0.05, 0) is 36.2 Å². The van der Waals surface area contributed by atoms with Gasteiger partial charge in [0.05, 0.1) is 4.92 Å². The van der Waals surface area contributed by atoms with Gasteiger partial charge in [0, 0.05) is 17.7 Å². The molecule has 5 heteroatoms. The number of non-ortho nitro benzene ring substituents is 1. The van der Waals surface area contributed by atoms with E-state index < -0.39 is 10.7 Å². The van der Waals surface area contributed by atoms with Crippen molar-refractivity contribution in [3.8, 4) is 11.1 Å². The van der Waals surface area contributed by atoms with Gasteiger partial charge in [-0.1, -0.05) is 12.1 Å². The molecule has 0 unspecified atom stereocenters. The number of ketones is 1. The zero-order valence-electron chi connectivity index (χ0n) is 10.1. The first-order chi connectivity index (χ1) is 8.99. The minimum Gasteiger partial charge on any atom is -0.294 e. The number of carbonyl (C=O) groups is 1. The van der Waals surface area contributed by atoms with Crippen LogP contribution in [0, 0.1) is 15.9 Å². The van der Waals surface area contributed by atoms with Gasteiger partial charge in [0.1, 0.15) is 5.82 Å². The topological polar surface area (TPSA) is 60.2 Å². The van der Waals surface area contributed by atoms with Crippen LogP contribution in [0.3, 0.4) is 0 Å². The van der Waals surface area contributed by atoms with Gasteiger partial charge in [-0.3, -0.25) is 14.9 Å². The minimum atomic E-state index is -0.532. The molecule has 0 bridgehead atoms. The molecule has 0 fully saturated rings. The van der Waals surface area contributed by atoms with Crippen molar-refractivity contribution in [3.05, 3.63) is 64.0 Å². The summed E-state index contributed by atoms with van der Waals surface area (Å²) in [7, 11) is 0. The molecule has 4 nitrogen and oxygen atoms in total. The van der Waals surface area contributed by atoms with Crippen LogP contribution >= 0.6 is 0 Å². The third kappa shape index (κ3) is 2.65. The molecule has 0 N–H and O–H groups in total. The van der Waals surface area contributed by atoms with Crippen molar-refractivity contribution < 1.29 is 14.1 Å². The second-order valence-corrected chi connectivity index (χ2v) is 4.05. The van der Waals surface area contributed by atoms with E-state index in [4.69, 9.17) is 0 Å². The quantitative estimate of drug-likeness (QED) is 0.480. The van der Waals surface area contributed by atoms with Crippen molar-refractivity contribution in [2.45, 2.75) is 6.92 Å². The third-order valence-electron chi connectivity index (χ3n) is 2.73. The Hall–Kier alpha value is -2.56. The summed E-state index contributed by atoms with van der Waals surface area (Å²) >= 11 is 0. The fourth-order valence-corrected chi connectivity index (χ4v) is 1.85. The first-order valence-corrected chi connectivity index (χ1v) is 5.54. The van der Waals surface area contributed by atoms with E-state index in [0.29, 0.717) is 16.7 Å². The summed E-state index contributed by atoms with van der Waals surface area (Å²) < 4.78 is 13.3. The molecule has 0 saturated heterocycles. The van der Waals surface area contributed by atoms with Crippen LogP contribution in [0.25, 0.3) is 11.1 Å². The lowest BCUT2D eigenvalue weighted by atomic mass is 9.97. The van der Waals surface area contributed by atoms with Crippen LogP contribution in [-0.4, -0.2) is 10.7 Å². The first-order valence-electron chi connectivity index (χ1n) is 5.54. The number of benzene rings is 2. The average molecular weight is 259 g/mol. The fraction of sp³-hybridized carbons (Fsp3) is 0.0714. The summed E-state index contributed by atoms with van der Waals surface area (Å²) in [4.78, 5) is 21.7. The van der Waals surface area contributed by atoms with Gasteiger partial charge in [-0.2, -0.15) is 0 Å². The summed E-state index contributed by atoms with van der Waals surface area (Å²) in [6.45, 7) is 1.37. The number of carbonyl (C=O) groups excluding carboxylic acids is 1. The zero-order chi connectivity index (χ0) is 14.0. The number of rotatable bonds is 3. The molecule has 0 radical (unpaired) electrons. The molecule has 0 aliphatic heterocycles.